The van der Waals surface area contributed by atoms with Gasteiger partial charge in [0.25, 0.3) is 0 Å². The van der Waals surface area contributed by atoms with Gasteiger partial charge in [-0.3, -0.25) is 4.90 Å². The average Bonchev–Trinajstić information content (AvgIpc) is 2.29. The fourth-order valence-corrected chi connectivity index (χ4v) is 3.60. The summed E-state index contributed by atoms with van der Waals surface area (Å²) in [5.74, 6) is 2.02. The topological polar surface area (TPSA) is 29.3 Å². The highest BCUT2D eigenvalue weighted by molar-refractivity contribution is 8.00. The van der Waals surface area contributed by atoms with Crippen LogP contribution in [0, 0.1) is 5.92 Å². The Hall–Kier alpha value is -0.380. The van der Waals surface area contributed by atoms with Crippen molar-refractivity contribution in [1.29, 1.82) is 0 Å². The van der Waals surface area contributed by atoms with E-state index < -0.39 is 0 Å². The highest BCUT2D eigenvalue weighted by Crippen LogP contribution is 2.25. The van der Waals surface area contributed by atoms with Crippen molar-refractivity contribution in [2.75, 3.05) is 24.6 Å². The van der Waals surface area contributed by atoms with Gasteiger partial charge in [0.15, 0.2) is 0 Å². The predicted molar refractivity (Wildman–Crippen MR) is 84.5 cm³/mol. The van der Waals surface area contributed by atoms with E-state index in [9.17, 15) is 0 Å². The zero-order valence-electron chi connectivity index (χ0n) is 11.1. The number of anilines is 1. The van der Waals surface area contributed by atoms with Crippen LogP contribution >= 0.6 is 24.2 Å². The third-order valence-corrected chi connectivity index (χ3v) is 4.82. The van der Waals surface area contributed by atoms with Crippen LogP contribution in [0.25, 0.3) is 0 Å². The monoisotopic (exact) mass is 286 g/mol. The van der Waals surface area contributed by atoms with Gasteiger partial charge in [-0.1, -0.05) is 26.0 Å². The van der Waals surface area contributed by atoms with Crippen LogP contribution in [-0.4, -0.2) is 29.0 Å². The molecule has 1 aliphatic heterocycles. The molecule has 2 rings (SSSR count). The van der Waals surface area contributed by atoms with Gasteiger partial charge < -0.3 is 5.73 Å². The molecule has 4 heteroatoms. The van der Waals surface area contributed by atoms with Gasteiger partial charge in [-0.15, -0.1) is 12.4 Å². The quantitative estimate of drug-likeness (QED) is 0.865. The van der Waals surface area contributed by atoms with Crippen molar-refractivity contribution >= 4 is 29.9 Å². The van der Waals surface area contributed by atoms with Crippen molar-refractivity contribution < 1.29 is 0 Å². The van der Waals surface area contributed by atoms with Crippen LogP contribution in [-0.2, 0) is 6.54 Å². The van der Waals surface area contributed by atoms with E-state index in [0.717, 1.165) is 23.4 Å². The third-order valence-electron chi connectivity index (χ3n) is 3.28. The molecule has 1 unspecified atom stereocenters. The van der Waals surface area contributed by atoms with Crippen LogP contribution < -0.4 is 5.73 Å². The minimum atomic E-state index is 0. The zero-order valence-corrected chi connectivity index (χ0v) is 12.8. The average molecular weight is 287 g/mol. The van der Waals surface area contributed by atoms with Crippen molar-refractivity contribution in [3.8, 4) is 0 Å². The molecular formula is C14H23ClN2S. The molecule has 2 nitrogen and oxygen atoms in total. The number of benzene rings is 1. The molecule has 18 heavy (non-hydrogen) atoms. The fraction of sp³-hybridized carbons (Fsp3) is 0.571. The Morgan fingerprint density at radius 3 is 2.89 bits per heavy atom. The van der Waals surface area contributed by atoms with Crippen LogP contribution in [0.5, 0.6) is 0 Å². The van der Waals surface area contributed by atoms with Crippen LogP contribution in [0.3, 0.4) is 0 Å². The van der Waals surface area contributed by atoms with E-state index in [2.05, 4.69) is 42.6 Å². The van der Waals surface area contributed by atoms with Crippen LogP contribution in [0.4, 0.5) is 5.69 Å². The molecule has 1 aromatic carbocycles. The lowest BCUT2D eigenvalue weighted by molar-refractivity contribution is 0.260. The summed E-state index contributed by atoms with van der Waals surface area (Å²) in [6, 6.07) is 8.25. The Kier molecular flexibility index (Phi) is 6.33. The van der Waals surface area contributed by atoms with Crippen molar-refractivity contribution in [3.63, 3.8) is 0 Å². The lowest BCUT2D eigenvalue weighted by Crippen LogP contribution is -2.39. The van der Waals surface area contributed by atoms with Gasteiger partial charge >= 0.3 is 0 Å². The molecular weight excluding hydrogens is 264 g/mol. The standard InChI is InChI=1S/C14H22N2S.ClH/c1-11(2)14-10-16(6-7-17-14)9-12-4-3-5-13(15)8-12;/h3-5,8,11,14H,6-7,9-10,15H2,1-2H3;1H. The largest absolute Gasteiger partial charge is 0.399 e. The van der Waals surface area contributed by atoms with Crippen molar-refractivity contribution in [2.24, 2.45) is 5.92 Å². The Labute approximate surface area is 121 Å². The molecule has 0 aliphatic carbocycles. The lowest BCUT2D eigenvalue weighted by atomic mass is 10.1. The van der Waals surface area contributed by atoms with Crippen molar-refractivity contribution in [3.05, 3.63) is 29.8 Å². The number of hydrogen-bond acceptors (Lipinski definition) is 3. The summed E-state index contributed by atoms with van der Waals surface area (Å²) in [6.45, 7) is 8.08. The molecule has 1 heterocycles. The molecule has 1 aromatic rings. The lowest BCUT2D eigenvalue weighted by Gasteiger charge is -2.34. The van der Waals surface area contributed by atoms with Crippen LogP contribution in [0.15, 0.2) is 24.3 Å². The van der Waals surface area contributed by atoms with Gasteiger partial charge in [0, 0.05) is 36.3 Å². The van der Waals surface area contributed by atoms with E-state index in [0.29, 0.717) is 0 Å². The molecule has 0 saturated carbocycles. The maximum atomic E-state index is 5.82. The number of nitrogen functional groups attached to an aromatic ring is 1. The first kappa shape index (κ1) is 15.7. The van der Waals surface area contributed by atoms with E-state index in [-0.39, 0.29) is 12.4 Å². The number of hydrogen-bond donors (Lipinski definition) is 1. The summed E-state index contributed by atoms with van der Waals surface area (Å²) in [6.07, 6.45) is 0. The Balaban J connectivity index is 0.00000162. The van der Waals surface area contributed by atoms with Crippen molar-refractivity contribution in [2.45, 2.75) is 25.6 Å². The SMILES string of the molecule is CC(C)C1CN(Cc2cccc(N)c2)CCS1.Cl. The summed E-state index contributed by atoms with van der Waals surface area (Å²) < 4.78 is 0. The fourth-order valence-electron chi connectivity index (χ4n) is 2.23. The Morgan fingerprint density at radius 1 is 1.44 bits per heavy atom. The third kappa shape index (κ3) is 4.38. The van der Waals surface area contributed by atoms with Gasteiger partial charge in [-0.2, -0.15) is 11.8 Å². The van der Waals surface area contributed by atoms with E-state index >= 15 is 0 Å². The van der Waals surface area contributed by atoms with Crippen LogP contribution in [0.1, 0.15) is 19.4 Å². The Morgan fingerprint density at radius 2 is 2.22 bits per heavy atom. The van der Waals surface area contributed by atoms with Gasteiger partial charge in [0.1, 0.15) is 0 Å². The van der Waals surface area contributed by atoms with Gasteiger partial charge in [0.2, 0.25) is 0 Å². The number of halogens is 1. The first-order valence-corrected chi connectivity index (χ1v) is 7.38. The number of nitrogens with two attached hydrogens (primary N) is 1. The van der Waals surface area contributed by atoms with Crippen molar-refractivity contribution in [1.82, 2.24) is 4.90 Å². The van der Waals surface area contributed by atoms with E-state index in [4.69, 9.17) is 5.73 Å². The second-order valence-electron chi connectivity index (χ2n) is 5.13. The van der Waals surface area contributed by atoms with Gasteiger partial charge in [-0.05, 0) is 23.6 Å². The predicted octanol–water partition coefficient (Wildman–Crippen LogP) is 3.26. The second kappa shape index (κ2) is 7.27. The summed E-state index contributed by atoms with van der Waals surface area (Å²) in [4.78, 5) is 2.55. The summed E-state index contributed by atoms with van der Waals surface area (Å²) in [5.41, 5.74) is 8.02. The van der Waals surface area contributed by atoms with Crippen LogP contribution in [0.2, 0.25) is 0 Å². The molecule has 102 valence electrons. The molecule has 0 radical (unpaired) electrons. The maximum Gasteiger partial charge on any atom is 0.0317 e. The summed E-state index contributed by atoms with van der Waals surface area (Å²) in [7, 11) is 0. The smallest absolute Gasteiger partial charge is 0.0317 e. The molecule has 1 saturated heterocycles. The van der Waals surface area contributed by atoms with E-state index in [1.54, 1.807) is 0 Å². The first-order valence-electron chi connectivity index (χ1n) is 6.33. The molecule has 0 aromatic heterocycles. The highest BCUT2D eigenvalue weighted by Gasteiger charge is 2.22. The zero-order chi connectivity index (χ0) is 12.3. The Bertz CT molecular complexity index is 371. The van der Waals surface area contributed by atoms with E-state index in [1.165, 1.54) is 24.4 Å². The maximum absolute atomic E-state index is 5.82. The van der Waals surface area contributed by atoms with Gasteiger partial charge in [-0.25, -0.2) is 0 Å². The molecule has 1 atom stereocenters. The second-order valence-corrected chi connectivity index (χ2v) is 6.48. The number of nitrogens with zero attached hydrogens (tertiary/aromatic N) is 1. The normalized spacial score (nSPS) is 20.7. The minimum absolute atomic E-state index is 0. The summed E-state index contributed by atoms with van der Waals surface area (Å²) in [5, 5.41) is 0.782. The molecule has 2 N–H and O–H groups in total. The summed E-state index contributed by atoms with van der Waals surface area (Å²) >= 11 is 2.12. The minimum Gasteiger partial charge on any atom is -0.399 e. The molecule has 0 bridgehead atoms. The highest BCUT2D eigenvalue weighted by atomic mass is 35.5. The molecule has 1 fully saturated rings. The van der Waals surface area contributed by atoms with Gasteiger partial charge in [0.05, 0.1) is 0 Å². The first-order chi connectivity index (χ1) is 8.15. The molecule has 0 amide bonds. The van der Waals surface area contributed by atoms with E-state index in [1.807, 2.05) is 12.1 Å². The number of thioether (sulfide) groups is 1. The molecule has 0 spiro atoms. The molecule has 1 aliphatic rings. The number of rotatable bonds is 3.